The molecule has 9 heavy (non-hydrogen) atoms. The van der Waals surface area contributed by atoms with Gasteiger partial charge in [0.05, 0.1) is 0 Å². The molecule has 9 heteroatoms. The summed E-state index contributed by atoms with van der Waals surface area (Å²) < 4.78 is 23.1. The summed E-state index contributed by atoms with van der Waals surface area (Å²) in [5, 5.41) is 0. The topological polar surface area (TPSA) is 183 Å². The molecule has 0 unspecified atom stereocenters. The van der Waals surface area contributed by atoms with E-state index in [9.17, 15) is 0 Å². The molecule has 0 aromatic rings. The maximum atomic E-state index is 8.74. The average Bonchev–Trinajstić information content (AvgIpc) is 1.33. The molecule has 0 aliphatic carbocycles. The van der Waals surface area contributed by atoms with Gasteiger partial charge in [0.25, 0.3) is 0 Å². The molecule has 0 aliphatic rings. The normalized spacial score (nSPS) is 4.78. The molecule has 0 amide bonds. The van der Waals surface area contributed by atoms with Gasteiger partial charge in [0.2, 0.25) is 0 Å². The molecule has 8 nitrogen and oxygen atoms in total. The van der Waals surface area contributed by atoms with Crippen molar-refractivity contribution in [2.24, 2.45) is 0 Å². The third-order valence-electron chi connectivity index (χ3n) is 0. The Hall–Kier alpha value is -0.531. The molecule has 6 N–H and O–H groups in total. The van der Waals surface area contributed by atoms with E-state index in [-0.39, 0.29) is 12.3 Å². The fourth-order valence-electron chi connectivity index (χ4n) is 0. The molecule has 0 atom stereocenters. The summed E-state index contributed by atoms with van der Waals surface area (Å²) in [7, 11) is 0. The Morgan fingerprint density at radius 1 is 1.22 bits per heavy atom. The second-order valence-corrected chi connectivity index (χ2v) is 0.970. The minimum atomic E-state index is -3.15. The Balaban J connectivity index is -0.0000000233. The van der Waals surface area contributed by atoms with Crippen LogP contribution in [0.15, 0.2) is 0 Å². The van der Waals surface area contributed by atoms with Crippen LogP contribution in [0.2, 0.25) is 0 Å². The van der Waals surface area contributed by atoms with Crippen molar-refractivity contribution in [3.8, 4) is 0 Å². The number of rotatable bonds is 0. The predicted octanol–water partition coefficient (Wildman–Crippen LogP) is 1.06. The molecule has 0 bridgehead atoms. The van der Waals surface area contributed by atoms with Crippen molar-refractivity contribution in [1.29, 1.82) is 0 Å². The van der Waals surface area contributed by atoms with Crippen LogP contribution >= 0.6 is 0 Å². The summed E-state index contributed by atoms with van der Waals surface area (Å²) >= 11 is -3.15. The summed E-state index contributed by atoms with van der Waals surface area (Å²) in [5.74, 6) is 0. The van der Waals surface area contributed by atoms with Gasteiger partial charge in [-0.15, -0.1) is 0 Å². The van der Waals surface area contributed by atoms with Crippen molar-refractivity contribution >= 4 is 0 Å². The molecule has 0 spiro atoms. The Kier molecular flexibility index (Phi) is 68.3. The SMILES string of the molecule is [N-]=[N+]=[N-].[NH2-].[NH2-].[O]=[Mn]([OH])[OH]. The van der Waals surface area contributed by atoms with Crippen molar-refractivity contribution in [3.05, 3.63) is 28.3 Å². The van der Waals surface area contributed by atoms with Crippen molar-refractivity contribution in [2.45, 2.75) is 0 Å². The minimum absolute atomic E-state index is 0. The van der Waals surface area contributed by atoms with Crippen LogP contribution in [0.4, 0.5) is 0 Å². The summed E-state index contributed by atoms with van der Waals surface area (Å²) in [4.78, 5) is 1.50. The van der Waals surface area contributed by atoms with E-state index in [4.69, 9.17) is 23.3 Å². The second-order valence-electron chi connectivity index (χ2n) is 0.303. The van der Waals surface area contributed by atoms with Gasteiger partial charge in [0, 0.05) is 0 Å². The van der Waals surface area contributed by atoms with Gasteiger partial charge in [-0.3, -0.25) is 4.91 Å². The van der Waals surface area contributed by atoms with E-state index in [1.54, 1.807) is 0 Å². The van der Waals surface area contributed by atoms with Crippen LogP contribution in [-0.4, -0.2) is 8.38 Å². The summed E-state index contributed by atoms with van der Waals surface area (Å²) in [6.07, 6.45) is 0. The molecule has 0 fully saturated rings. The average molecular weight is 179 g/mol. The molecule has 0 radical (unpaired) electrons. The van der Waals surface area contributed by atoms with E-state index in [1.165, 1.54) is 4.91 Å². The van der Waals surface area contributed by atoms with Crippen LogP contribution in [0.25, 0.3) is 28.3 Å². The van der Waals surface area contributed by atoms with Crippen molar-refractivity contribution in [1.82, 2.24) is 0 Å². The van der Waals surface area contributed by atoms with E-state index in [1.807, 2.05) is 0 Å². The molecule has 0 aromatic carbocycles. The number of hydrogen-bond acceptors (Lipinski definition) is 1. The number of hydrogen-bond donors (Lipinski definition) is 2. The Bertz CT molecular complexity index is 80.2. The van der Waals surface area contributed by atoms with Crippen LogP contribution < -0.4 is 0 Å². The van der Waals surface area contributed by atoms with Gasteiger partial charge in [-0.1, -0.05) is 0 Å². The molecule has 0 aromatic heterocycles. The van der Waals surface area contributed by atoms with E-state index in [0.29, 0.717) is 0 Å². The standard InChI is InChI=1S/Mn.N3.2H2N.2H2O.O/c;1-3-2;;;;;/h;;4*1H2;/q+2;3*-1;;;/p-2. The van der Waals surface area contributed by atoms with Crippen LogP contribution in [0.3, 0.4) is 0 Å². The molecule has 0 aliphatic heterocycles. The molecular weight excluding hydrogens is 173 g/mol. The van der Waals surface area contributed by atoms with Crippen molar-refractivity contribution in [3.63, 3.8) is 0 Å². The van der Waals surface area contributed by atoms with Gasteiger partial charge in [0.1, 0.15) is 0 Å². The van der Waals surface area contributed by atoms with E-state index < -0.39 is 14.5 Å². The zero-order valence-electron chi connectivity index (χ0n) is 4.18. The molecule has 0 heterocycles. The summed E-state index contributed by atoms with van der Waals surface area (Å²) in [6.45, 7) is 0. The predicted molar refractivity (Wildman–Crippen MR) is 25.8 cm³/mol. The Labute approximate surface area is 55.8 Å². The van der Waals surface area contributed by atoms with Crippen LogP contribution in [-0.2, 0) is 18.3 Å². The number of nitrogens with zero attached hydrogens (tertiary/aromatic N) is 3. The first kappa shape index (κ1) is 23.7. The molecule has 0 saturated carbocycles. The van der Waals surface area contributed by atoms with Gasteiger partial charge in [0.15, 0.2) is 0 Å². The summed E-state index contributed by atoms with van der Waals surface area (Å²) in [5.41, 5.74) is 13.5. The number of nitrogens with two attached hydrogens (primary N) is 2. The third kappa shape index (κ3) is 794. The molecule has 0 rings (SSSR count). The third-order valence-corrected chi connectivity index (χ3v) is 0. The fourth-order valence-corrected chi connectivity index (χ4v) is 0. The second kappa shape index (κ2) is 26.0. The van der Waals surface area contributed by atoms with Crippen molar-refractivity contribution < 1.29 is 26.7 Å². The molecule has 0 saturated heterocycles. The van der Waals surface area contributed by atoms with Crippen LogP contribution in [0, 0.1) is 0 Å². The van der Waals surface area contributed by atoms with E-state index >= 15 is 0 Å². The van der Waals surface area contributed by atoms with Gasteiger partial charge in [-0.25, -0.2) is 0 Å². The Morgan fingerprint density at radius 2 is 1.22 bits per heavy atom. The van der Waals surface area contributed by atoms with Gasteiger partial charge < -0.3 is 23.4 Å². The van der Waals surface area contributed by atoms with Gasteiger partial charge in [-0.05, 0) is 0 Å². The van der Waals surface area contributed by atoms with Crippen molar-refractivity contribution in [2.75, 3.05) is 0 Å². The molecular formula is H6MnN5O3-3. The van der Waals surface area contributed by atoms with Crippen LogP contribution in [0.1, 0.15) is 0 Å². The van der Waals surface area contributed by atoms with E-state index in [0.717, 1.165) is 0 Å². The van der Waals surface area contributed by atoms with E-state index in [2.05, 4.69) is 0 Å². The fraction of sp³-hybridized carbons (Fsp3) is 0. The zero-order chi connectivity index (χ0) is 6.28. The first-order valence-electron chi connectivity index (χ1n) is 0.892. The first-order valence-corrected chi connectivity index (χ1v) is 2.43. The van der Waals surface area contributed by atoms with Gasteiger partial charge >= 0.3 is 26.7 Å². The zero-order valence-corrected chi connectivity index (χ0v) is 5.36. The van der Waals surface area contributed by atoms with Gasteiger partial charge in [-0.2, -0.15) is 0 Å². The first-order chi connectivity index (χ1) is 3.15. The quantitative estimate of drug-likeness (QED) is 0.244. The van der Waals surface area contributed by atoms with Crippen LogP contribution in [0.5, 0.6) is 0 Å². The monoisotopic (exact) mass is 179 g/mol. The summed E-state index contributed by atoms with van der Waals surface area (Å²) in [6, 6.07) is 0. The maximum absolute atomic E-state index is 8.74. The molecule has 59 valence electrons. The Morgan fingerprint density at radius 3 is 1.22 bits per heavy atom.